The van der Waals surface area contributed by atoms with Gasteiger partial charge in [-0.1, -0.05) is 60.7 Å². The summed E-state index contributed by atoms with van der Waals surface area (Å²) in [5.74, 6) is -1.33. The van der Waals surface area contributed by atoms with Crippen LogP contribution in [0.4, 0.5) is 10.1 Å². The highest BCUT2D eigenvalue weighted by Crippen LogP contribution is 2.49. The van der Waals surface area contributed by atoms with Gasteiger partial charge >= 0.3 is 0 Å². The number of rotatable bonds is 8. The number of β-lactam (4-membered cyclic amide) rings is 1. The molecule has 9 heteroatoms. The number of carbonyl (C=O) groups is 1. The Hall–Kier alpha value is -4.05. The summed E-state index contributed by atoms with van der Waals surface area (Å²) in [5, 5.41) is 21.7. The summed E-state index contributed by atoms with van der Waals surface area (Å²) in [5.41, 5.74) is 2.12. The van der Waals surface area contributed by atoms with Gasteiger partial charge in [-0.2, -0.15) is 8.42 Å². The van der Waals surface area contributed by atoms with E-state index >= 15 is 0 Å². The first-order valence-electron chi connectivity index (χ1n) is 12.4. The van der Waals surface area contributed by atoms with Crippen LogP contribution in [-0.2, 0) is 14.9 Å². The third-order valence-corrected chi connectivity index (χ3v) is 7.97. The van der Waals surface area contributed by atoms with E-state index in [1.165, 1.54) is 42.5 Å². The first-order valence-corrected chi connectivity index (χ1v) is 13.8. The van der Waals surface area contributed by atoms with Crippen LogP contribution in [0.15, 0.2) is 102 Å². The number of aliphatic hydroxyl groups excluding tert-OH is 1. The van der Waals surface area contributed by atoms with Crippen molar-refractivity contribution in [2.45, 2.75) is 29.9 Å². The van der Waals surface area contributed by atoms with Gasteiger partial charge in [0, 0.05) is 16.8 Å². The van der Waals surface area contributed by atoms with E-state index in [1.807, 2.05) is 6.07 Å². The van der Waals surface area contributed by atoms with E-state index in [-0.39, 0.29) is 35.0 Å². The summed E-state index contributed by atoms with van der Waals surface area (Å²) in [7, 11) is -4.50. The molecule has 1 fully saturated rings. The molecule has 1 aliphatic heterocycles. The fourth-order valence-electron chi connectivity index (χ4n) is 5.17. The Labute approximate surface area is 225 Å². The summed E-state index contributed by atoms with van der Waals surface area (Å²) < 4.78 is 47.0. The Bertz CT molecular complexity index is 1630. The lowest BCUT2D eigenvalue weighted by molar-refractivity contribution is -0.131. The van der Waals surface area contributed by atoms with Crippen molar-refractivity contribution in [2.24, 2.45) is 5.92 Å². The predicted molar refractivity (Wildman–Crippen MR) is 144 cm³/mol. The topological polar surface area (TPSA) is 115 Å². The predicted octanol–water partition coefficient (Wildman–Crippen LogP) is 5.66. The molecule has 5 rings (SSSR count). The second-order valence-corrected chi connectivity index (χ2v) is 10.9. The van der Waals surface area contributed by atoms with Crippen LogP contribution in [0, 0.1) is 11.7 Å². The molecule has 0 spiro atoms. The third-order valence-electron chi connectivity index (χ3n) is 7.06. The maximum Gasteiger partial charge on any atom is 0.295 e. The summed E-state index contributed by atoms with van der Waals surface area (Å²) >= 11 is 0. The lowest BCUT2D eigenvalue weighted by Crippen LogP contribution is -2.55. The molecule has 1 heterocycles. The number of anilines is 1. The second kappa shape index (κ2) is 10.6. The van der Waals surface area contributed by atoms with Crippen LogP contribution in [-0.4, -0.2) is 29.1 Å². The molecule has 0 saturated carbocycles. The van der Waals surface area contributed by atoms with Gasteiger partial charge in [-0.25, -0.2) is 4.39 Å². The summed E-state index contributed by atoms with van der Waals surface area (Å²) in [6, 6.07) is 24.7. The number of carbonyl (C=O) groups excluding carboxylic acids is 1. The zero-order valence-electron chi connectivity index (χ0n) is 20.7. The van der Waals surface area contributed by atoms with Crippen LogP contribution < -0.4 is 4.90 Å². The van der Waals surface area contributed by atoms with E-state index in [0.717, 1.165) is 0 Å². The monoisotopic (exact) mass is 547 g/mol. The molecule has 3 N–H and O–H groups in total. The van der Waals surface area contributed by atoms with Crippen LogP contribution in [0.1, 0.15) is 36.1 Å². The Morgan fingerprint density at radius 1 is 0.897 bits per heavy atom. The van der Waals surface area contributed by atoms with Gasteiger partial charge in [0.2, 0.25) is 5.91 Å². The van der Waals surface area contributed by atoms with Crippen molar-refractivity contribution in [3.8, 4) is 16.9 Å². The SMILES string of the molecule is O=C1C(CCC(O)c2cccc(F)c2)C(c2ccc(-c3ccccc3S(=O)(=O)O)cc2O)N1c1ccccc1. The fourth-order valence-corrected chi connectivity index (χ4v) is 5.89. The van der Waals surface area contributed by atoms with Crippen molar-refractivity contribution in [2.75, 3.05) is 4.90 Å². The summed E-state index contributed by atoms with van der Waals surface area (Å²) in [6.45, 7) is 0. The molecule has 1 saturated heterocycles. The van der Waals surface area contributed by atoms with Crippen LogP contribution >= 0.6 is 0 Å². The number of nitrogens with zero attached hydrogens (tertiary/aromatic N) is 1. The first kappa shape index (κ1) is 26.6. The molecular weight excluding hydrogens is 521 g/mol. The minimum absolute atomic E-state index is 0.147. The molecule has 4 aromatic rings. The summed E-state index contributed by atoms with van der Waals surface area (Å²) in [4.78, 5) is 14.6. The number of para-hydroxylation sites is 1. The summed E-state index contributed by atoms with van der Waals surface area (Å²) in [6.07, 6.45) is -0.468. The van der Waals surface area contributed by atoms with E-state index in [4.69, 9.17) is 0 Å². The standard InChI is InChI=1S/C30H26FNO6S/c31-21-8-6-7-20(17-21)26(33)16-15-25-29(32(30(25)35)22-9-2-1-3-10-22)24-14-13-19(18-27(24)34)23-11-4-5-12-28(23)39(36,37)38/h1-14,17-18,25-26,29,33-34H,15-16H2,(H,36,37,38). The van der Waals surface area contributed by atoms with Gasteiger partial charge in [0.25, 0.3) is 10.1 Å². The largest absolute Gasteiger partial charge is 0.508 e. The third kappa shape index (κ3) is 5.29. The fraction of sp³-hybridized carbons (Fsp3) is 0.167. The number of hydrogen-bond acceptors (Lipinski definition) is 5. The molecule has 1 aliphatic rings. The zero-order valence-corrected chi connectivity index (χ0v) is 21.5. The Morgan fingerprint density at radius 2 is 1.62 bits per heavy atom. The molecule has 3 unspecified atom stereocenters. The smallest absolute Gasteiger partial charge is 0.295 e. The number of phenols is 1. The van der Waals surface area contributed by atoms with Gasteiger partial charge in [0.15, 0.2) is 0 Å². The van der Waals surface area contributed by atoms with Crippen LogP contribution in [0.3, 0.4) is 0 Å². The minimum Gasteiger partial charge on any atom is -0.508 e. The lowest BCUT2D eigenvalue weighted by atomic mass is 9.77. The maximum atomic E-state index is 13.6. The van der Waals surface area contributed by atoms with Gasteiger partial charge in [-0.3, -0.25) is 9.35 Å². The second-order valence-electron chi connectivity index (χ2n) is 9.49. The first-order chi connectivity index (χ1) is 18.6. The van der Waals surface area contributed by atoms with Crippen molar-refractivity contribution in [1.82, 2.24) is 0 Å². The van der Waals surface area contributed by atoms with Crippen molar-refractivity contribution < 1.29 is 32.4 Å². The van der Waals surface area contributed by atoms with E-state index < -0.39 is 34.0 Å². The number of hydrogen-bond donors (Lipinski definition) is 3. The maximum absolute atomic E-state index is 13.6. The number of aliphatic hydroxyl groups is 1. The van der Waals surface area contributed by atoms with E-state index in [1.54, 1.807) is 53.4 Å². The lowest BCUT2D eigenvalue weighted by Gasteiger charge is -2.48. The van der Waals surface area contributed by atoms with Gasteiger partial charge < -0.3 is 15.1 Å². The van der Waals surface area contributed by atoms with E-state index in [9.17, 15) is 32.4 Å². The van der Waals surface area contributed by atoms with E-state index in [0.29, 0.717) is 22.4 Å². The van der Waals surface area contributed by atoms with Crippen molar-refractivity contribution in [1.29, 1.82) is 0 Å². The molecule has 0 aliphatic carbocycles. The molecule has 3 atom stereocenters. The Morgan fingerprint density at radius 3 is 2.31 bits per heavy atom. The Balaban J connectivity index is 1.47. The van der Waals surface area contributed by atoms with Crippen molar-refractivity contribution in [3.05, 3.63) is 114 Å². The molecule has 0 bridgehead atoms. The molecule has 200 valence electrons. The number of amides is 1. The van der Waals surface area contributed by atoms with Crippen LogP contribution in [0.5, 0.6) is 5.75 Å². The number of aromatic hydroxyl groups is 1. The number of halogens is 1. The molecule has 0 aromatic heterocycles. The molecule has 7 nitrogen and oxygen atoms in total. The highest BCUT2D eigenvalue weighted by Gasteiger charge is 2.49. The van der Waals surface area contributed by atoms with E-state index in [2.05, 4.69) is 0 Å². The van der Waals surface area contributed by atoms with Crippen LogP contribution in [0.25, 0.3) is 11.1 Å². The average molecular weight is 548 g/mol. The normalized spacial score (nSPS) is 18.0. The molecule has 0 radical (unpaired) electrons. The van der Waals surface area contributed by atoms with Gasteiger partial charge in [0.05, 0.1) is 18.1 Å². The minimum atomic E-state index is -4.50. The highest BCUT2D eigenvalue weighted by atomic mass is 32.2. The van der Waals surface area contributed by atoms with Crippen molar-refractivity contribution in [3.63, 3.8) is 0 Å². The van der Waals surface area contributed by atoms with Gasteiger partial charge in [0.1, 0.15) is 16.5 Å². The van der Waals surface area contributed by atoms with Gasteiger partial charge in [-0.15, -0.1) is 0 Å². The van der Waals surface area contributed by atoms with Crippen LogP contribution in [0.2, 0.25) is 0 Å². The quantitative estimate of drug-likeness (QED) is 0.194. The number of phenolic OH excluding ortho intramolecular Hbond substituents is 1. The van der Waals surface area contributed by atoms with Crippen molar-refractivity contribution >= 4 is 21.7 Å². The molecular formula is C30H26FNO6S. The van der Waals surface area contributed by atoms with Gasteiger partial charge in [-0.05, 0) is 60.4 Å². The molecule has 4 aromatic carbocycles. The molecule has 39 heavy (non-hydrogen) atoms. The average Bonchev–Trinajstić information content (AvgIpc) is 2.92. The zero-order chi connectivity index (χ0) is 27.7. The molecule has 1 amide bonds. The number of benzene rings is 4. The highest BCUT2D eigenvalue weighted by molar-refractivity contribution is 7.86. The Kier molecular flexibility index (Phi) is 7.22.